The lowest BCUT2D eigenvalue weighted by Gasteiger charge is -2.25. The lowest BCUT2D eigenvalue weighted by atomic mass is 10.2. The van der Waals surface area contributed by atoms with Crippen molar-refractivity contribution >= 4 is 11.9 Å². The van der Waals surface area contributed by atoms with Gasteiger partial charge in [-0.3, -0.25) is 14.7 Å². The Morgan fingerprint density at radius 1 is 1.30 bits per heavy atom. The summed E-state index contributed by atoms with van der Waals surface area (Å²) >= 11 is 0. The molecule has 7 heteroatoms. The molecule has 0 saturated carbocycles. The van der Waals surface area contributed by atoms with Crippen LogP contribution in [0.2, 0.25) is 0 Å². The Morgan fingerprint density at radius 2 is 1.95 bits per heavy atom. The normalized spacial score (nSPS) is 11.1. The van der Waals surface area contributed by atoms with Crippen LogP contribution in [0.3, 0.4) is 0 Å². The number of aromatic amines is 1. The number of nitrogens with zero attached hydrogens (tertiary/aromatic N) is 3. The Morgan fingerprint density at radius 3 is 2.40 bits per heavy atom. The van der Waals surface area contributed by atoms with Crippen LogP contribution < -0.4 is 0 Å². The molecule has 1 rings (SSSR count). The molecule has 0 aliphatic heterocycles. The fourth-order valence-electron chi connectivity index (χ4n) is 1.75. The molecule has 0 fully saturated rings. The number of carboxylic acids is 1. The molecule has 1 aromatic rings. The second kappa shape index (κ2) is 7.02. The number of hydrogen-bond donors (Lipinski definition) is 2. The minimum Gasteiger partial charge on any atom is -0.481 e. The first kappa shape index (κ1) is 16.1. The number of H-pyrrole nitrogens is 1. The van der Waals surface area contributed by atoms with E-state index in [1.807, 2.05) is 27.7 Å². The van der Waals surface area contributed by atoms with Crippen LogP contribution in [0, 0.1) is 0 Å². The third-order valence-corrected chi connectivity index (χ3v) is 2.91. The second-order valence-corrected chi connectivity index (χ2v) is 5.29. The van der Waals surface area contributed by atoms with Crippen molar-refractivity contribution in [2.75, 3.05) is 6.54 Å². The zero-order chi connectivity index (χ0) is 15.3. The SMILES string of the molecule is CC(C)c1nc(C(=O)N(CCCC(=O)O)C(C)C)n[nH]1. The maximum atomic E-state index is 12.3. The van der Waals surface area contributed by atoms with E-state index in [9.17, 15) is 9.59 Å². The second-order valence-electron chi connectivity index (χ2n) is 5.29. The number of carbonyl (C=O) groups is 2. The summed E-state index contributed by atoms with van der Waals surface area (Å²) in [4.78, 5) is 28.6. The number of nitrogens with one attached hydrogen (secondary N) is 1. The van der Waals surface area contributed by atoms with Gasteiger partial charge in [0.05, 0.1) is 0 Å². The average molecular weight is 282 g/mol. The molecule has 0 saturated heterocycles. The van der Waals surface area contributed by atoms with Gasteiger partial charge in [0, 0.05) is 24.9 Å². The molecule has 0 aliphatic carbocycles. The molecule has 0 spiro atoms. The summed E-state index contributed by atoms with van der Waals surface area (Å²) in [5.74, 6) is -0.154. The minimum absolute atomic E-state index is 0.0303. The fraction of sp³-hybridized carbons (Fsp3) is 0.692. The van der Waals surface area contributed by atoms with Gasteiger partial charge in [-0.15, -0.1) is 5.10 Å². The average Bonchev–Trinajstić information content (AvgIpc) is 2.82. The number of amides is 1. The van der Waals surface area contributed by atoms with E-state index in [1.165, 1.54) is 0 Å². The van der Waals surface area contributed by atoms with E-state index in [0.29, 0.717) is 18.8 Å². The van der Waals surface area contributed by atoms with Gasteiger partial charge < -0.3 is 10.0 Å². The topological polar surface area (TPSA) is 99.2 Å². The highest BCUT2D eigenvalue weighted by Gasteiger charge is 2.23. The molecule has 1 amide bonds. The number of hydrogen-bond acceptors (Lipinski definition) is 4. The highest BCUT2D eigenvalue weighted by atomic mass is 16.4. The van der Waals surface area contributed by atoms with Gasteiger partial charge in [0.2, 0.25) is 5.82 Å². The first-order chi connectivity index (χ1) is 9.32. The van der Waals surface area contributed by atoms with E-state index < -0.39 is 5.97 Å². The van der Waals surface area contributed by atoms with E-state index in [-0.39, 0.29) is 30.1 Å². The summed E-state index contributed by atoms with van der Waals surface area (Å²) in [6.45, 7) is 8.07. The summed E-state index contributed by atoms with van der Waals surface area (Å²) in [5, 5.41) is 15.3. The van der Waals surface area contributed by atoms with Gasteiger partial charge >= 0.3 is 5.97 Å². The van der Waals surface area contributed by atoms with Crippen LogP contribution in [-0.4, -0.2) is 49.7 Å². The molecular formula is C13H22N4O3. The van der Waals surface area contributed by atoms with Crippen LogP contribution >= 0.6 is 0 Å². The van der Waals surface area contributed by atoms with E-state index in [0.717, 1.165) is 0 Å². The molecule has 7 nitrogen and oxygen atoms in total. The third-order valence-electron chi connectivity index (χ3n) is 2.91. The summed E-state index contributed by atoms with van der Waals surface area (Å²) in [5.41, 5.74) is 0. The largest absolute Gasteiger partial charge is 0.481 e. The zero-order valence-electron chi connectivity index (χ0n) is 12.4. The molecule has 2 N–H and O–H groups in total. The van der Waals surface area contributed by atoms with E-state index in [1.54, 1.807) is 4.90 Å². The molecular weight excluding hydrogens is 260 g/mol. The number of carboxylic acid groups (broad SMARTS) is 1. The van der Waals surface area contributed by atoms with Crippen molar-refractivity contribution in [3.8, 4) is 0 Å². The highest BCUT2D eigenvalue weighted by Crippen LogP contribution is 2.11. The first-order valence-corrected chi connectivity index (χ1v) is 6.78. The van der Waals surface area contributed by atoms with E-state index in [2.05, 4.69) is 15.2 Å². The van der Waals surface area contributed by atoms with E-state index in [4.69, 9.17) is 5.11 Å². The van der Waals surface area contributed by atoms with Crippen LogP contribution in [0.15, 0.2) is 0 Å². The lowest BCUT2D eigenvalue weighted by Crippen LogP contribution is -2.38. The summed E-state index contributed by atoms with van der Waals surface area (Å²) in [7, 11) is 0. The van der Waals surface area contributed by atoms with Crippen molar-refractivity contribution in [1.29, 1.82) is 0 Å². The molecule has 0 unspecified atom stereocenters. The Kier molecular flexibility index (Phi) is 5.66. The van der Waals surface area contributed by atoms with Gasteiger partial charge in [0.1, 0.15) is 5.82 Å². The maximum Gasteiger partial charge on any atom is 0.303 e. The van der Waals surface area contributed by atoms with Crippen LogP contribution in [0.5, 0.6) is 0 Å². The third kappa shape index (κ3) is 4.32. The monoisotopic (exact) mass is 282 g/mol. The molecule has 0 radical (unpaired) electrons. The Hall–Kier alpha value is -1.92. The quantitative estimate of drug-likeness (QED) is 0.792. The number of aromatic nitrogens is 3. The van der Waals surface area contributed by atoms with Crippen molar-refractivity contribution in [2.24, 2.45) is 0 Å². The molecule has 1 aromatic heterocycles. The molecule has 0 aromatic carbocycles. The fourth-order valence-corrected chi connectivity index (χ4v) is 1.75. The number of rotatable bonds is 7. The molecule has 0 bridgehead atoms. The molecule has 1 heterocycles. The van der Waals surface area contributed by atoms with Crippen molar-refractivity contribution in [3.05, 3.63) is 11.6 Å². The van der Waals surface area contributed by atoms with Crippen LogP contribution in [0.25, 0.3) is 0 Å². The van der Waals surface area contributed by atoms with Crippen molar-refractivity contribution in [3.63, 3.8) is 0 Å². The first-order valence-electron chi connectivity index (χ1n) is 6.78. The molecule has 112 valence electrons. The maximum absolute atomic E-state index is 12.3. The van der Waals surface area contributed by atoms with Crippen molar-refractivity contribution < 1.29 is 14.7 Å². The zero-order valence-corrected chi connectivity index (χ0v) is 12.4. The van der Waals surface area contributed by atoms with E-state index >= 15 is 0 Å². The van der Waals surface area contributed by atoms with Crippen molar-refractivity contribution in [2.45, 2.75) is 52.5 Å². The molecule has 0 aliphatic rings. The Balaban J connectivity index is 2.74. The number of carbonyl (C=O) groups excluding carboxylic acids is 1. The number of aliphatic carboxylic acids is 1. The predicted octanol–water partition coefficient (Wildman–Crippen LogP) is 1.64. The summed E-state index contributed by atoms with van der Waals surface area (Å²) in [6, 6.07) is -0.0303. The minimum atomic E-state index is -0.860. The van der Waals surface area contributed by atoms with Crippen LogP contribution in [0.4, 0.5) is 0 Å². The lowest BCUT2D eigenvalue weighted by molar-refractivity contribution is -0.137. The van der Waals surface area contributed by atoms with Gasteiger partial charge in [-0.25, -0.2) is 4.98 Å². The Bertz CT molecular complexity index is 468. The van der Waals surface area contributed by atoms with Gasteiger partial charge in [0.15, 0.2) is 0 Å². The van der Waals surface area contributed by atoms with Gasteiger partial charge in [0.25, 0.3) is 5.91 Å². The van der Waals surface area contributed by atoms with Crippen LogP contribution in [-0.2, 0) is 4.79 Å². The summed E-state index contributed by atoms with van der Waals surface area (Å²) in [6.07, 6.45) is 0.461. The predicted molar refractivity (Wildman–Crippen MR) is 73.5 cm³/mol. The van der Waals surface area contributed by atoms with Gasteiger partial charge in [-0.2, -0.15) is 0 Å². The van der Waals surface area contributed by atoms with Crippen molar-refractivity contribution in [1.82, 2.24) is 20.1 Å². The van der Waals surface area contributed by atoms with Gasteiger partial charge in [-0.05, 0) is 20.3 Å². The molecule has 20 heavy (non-hydrogen) atoms. The van der Waals surface area contributed by atoms with Crippen LogP contribution in [0.1, 0.15) is 62.9 Å². The highest BCUT2D eigenvalue weighted by molar-refractivity contribution is 5.90. The van der Waals surface area contributed by atoms with Gasteiger partial charge in [-0.1, -0.05) is 13.8 Å². The smallest absolute Gasteiger partial charge is 0.303 e. The standard InChI is InChI=1S/C13H22N4O3/c1-8(2)11-14-12(16-15-11)13(20)17(9(3)4)7-5-6-10(18)19/h8-9H,5-7H2,1-4H3,(H,18,19)(H,14,15,16). The Labute approximate surface area is 118 Å². The molecule has 0 atom stereocenters. The summed E-state index contributed by atoms with van der Waals surface area (Å²) < 4.78 is 0.